The van der Waals surface area contributed by atoms with Gasteiger partial charge in [-0.2, -0.15) is 13.2 Å². The molecule has 0 aliphatic carbocycles. The van der Waals surface area contributed by atoms with E-state index in [1.165, 1.54) is 4.90 Å². The molecular formula is C29H29F3N6O4. The summed E-state index contributed by atoms with van der Waals surface area (Å²) >= 11 is 0. The molecule has 0 saturated carbocycles. The average molecular weight is 583 g/mol. The van der Waals surface area contributed by atoms with Crippen molar-refractivity contribution in [3.8, 4) is 22.9 Å². The number of nitrogens with zero attached hydrogens (tertiary/aromatic N) is 4. The van der Waals surface area contributed by atoms with Gasteiger partial charge in [-0.25, -0.2) is 19.7 Å². The zero-order valence-electron chi connectivity index (χ0n) is 22.6. The Balaban J connectivity index is 1.42. The summed E-state index contributed by atoms with van der Waals surface area (Å²) in [7, 11) is 0. The molecule has 10 nitrogen and oxygen atoms in total. The van der Waals surface area contributed by atoms with Gasteiger partial charge in [-0.3, -0.25) is 0 Å². The van der Waals surface area contributed by atoms with Gasteiger partial charge < -0.3 is 30.5 Å². The predicted octanol–water partition coefficient (Wildman–Crippen LogP) is 5.68. The summed E-state index contributed by atoms with van der Waals surface area (Å²) < 4.78 is 44.9. The molecule has 1 saturated heterocycles. The first kappa shape index (κ1) is 28.9. The molecule has 0 radical (unpaired) electrons. The van der Waals surface area contributed by atoms with Crippen molar-refractivity contribution >= 4 is 28.5 Å². The standard InChI is InChI=1S/C29H29F3N6O4/c1-17-9-10-19-20(6-2-8-22(19)35-15-24(39)29(30,31)32)25(17)42-26-21(7-3-12-33-26)23-11-13-34-27(37-23)36-18-5-4-14-38(16-18)28(40)41/h2-3,6-13,18,24,35,39H,4-5,14-16H2,1H3,(H,40,41)(H,34,36,37)/t18-,24?/m0/s1. The molecule has 1 fully saturated rings. The number of ether oxygens (including phenoxy) is 1. The number of rotatable bonds is 8. The summed E-state index contributed by atoms with van der Waals surface area (Å²) in [5.41, 5.74) is 2.30. The number of amides is 1. The van der Waals surface area contributed by atoms with Crippen LogP contribution in [0.15, 0.2) is 60.9 Å². The Kier molecular flexibility index (Phi) is 8.29. The van der Waals surface area contributed by atoms with Crippen LogP contribution >= 0.6 is 0 Å². The molecule has 0 spiro atoms. The van der Waals surface area contributed by atoms with E-state index in [-0.39, 0.29) is 11.9 Å². The van der Waals surface area contributed by atoms with E-state index in [1.54, 1.807) is 60.9 Å². The second-order valence-electron chi connectivity index (χ2n) is 9.99. The number of carboxylic acid groups (broad SMARTS) is 1. The fourth-order valence-electron chi connectivity index (χ4n) is 4.84. The van der Waals surface area contributed by atoms with E-state index in [2.05, 4.69) is 25.6 Å². The van der Waals surface area contributed by atoms with Crippen molar-refractivity contribution < 1.29 is 32.9 Å². The summed E-state index contributed by atoms with van der Waals surface area (Å²) in [6.07, 6.45) is -3.52. The third-order valence-corrected chi connectivity index (χ3v) is 7.00. The lowest BCUT2D eigenvalue weighted by molar-refractivity contribution is -0.198. The van der Waals surface area contributed by atoms with Crippen molar-refractivity contribution in [1.29, 1.82) is 0 Å². The third kappa shape index (κ3) is 6.46. The van der Waals surface area contributed by atoms with Crippen molar-refractivity contribution in [3.63, 3.8) is 0 Å². The zero-order valence-corrected chi connectivity index (χ0v) is 22.6. The number of carbonyl (C=O) groups is 1. The van der Waals surface area contributed by atoms with E-state index < -0.39 is 24.9 Å². The number of anilines is 2. The maximum Gasteiger partial charge on any atom is 0.416 e. The number of benzene rings is 2. The lowest BCUT2D eigenvalue weighted by Gasteiger charge is -2.31. The highest BCUT2D eigenvalue weighted by molar-refractivity contribution is 5.98. The lowest BCUT2D eigenvalue weighted by atomic mass is 10.0. The van der Waals surface area contributed by atoms with Gasteiger partial charge in [0.25, 0.3) is 0 Å². The molecule has 4 aromatic rings. The number of fused-ring (bicyclic) bond motifs is 1. The zero-order chi connectivity index (χ0) is 29.9. The molecule has 1 aliphatic rings. The minimum absolute atomic E-state index is 0.131. The molecule has 1 amide bonds. The molecule has 1 unspecified atom stereocenters. The topological polar surface area (TPSA) is 133 Å². The van der Waals surface area contributed by atoms with Crippen molar-refractivity contribution in [2.24, 2.45) is 0 Å². The van der Waals surface area contributed by atoms with Gasteiger partial charge >= 0.3 is 12.3 Å². The van der Waals surface area contributed by atoms with E-state index in [1.807, 2.05) is 6.92 Å². The van der Waals surface area contributed by atoms with E-state index in [4.69, 9.17) is 4.74 Å². The number of aliphatic hydroxyl groups is 1. The summed E-state index contributed by atoms with van der Waals surface area (Å²) in [4.78, 5) is 26.1. The van der Waals surface area contributed by atoms with Crippen molar-refractivity contribution in [2.45, 2.75) is 38.1 Å². The Morgan fingerprint density at radius 2 is 1.95 bits per heavy atom. The summed E-state index contributed by atoms with van der Waals surface area (Å²) in [6.45, 7) is 1.97. The normalized spacial score (nSPS) is 16.2. The van der Waals surface area contributed by atoms with E-state index in [0.717, 1.165) is 18.4 Å². The van der Waals surface area contributed by atoms with E-state index in [9.17, 15) is 28.2 Å². The van der Waals surface area contributed by atoms with Crippen LogP contribution in [0.25, 0.3) is 22.0 Å². The van der Waals surface area contributed by atoms with Gasteiger partial charge in [-0.1, -0.05) is 24.3 Å². The Morgan fingerprint density at radius 3 is 2.74 bits per heavy atom. The molecule has 1 aliphatic heterocycles. The smallest absolute Gasteiger partial charge is 0.416 e. The van der Waals surface area contributed by atoms with Gasteiger partial charge in [0, 0.05) is 54.5 Å². The van der Waals surface area contributed by atoms with Crippen molar-refractivity contribution in [3.05, 3.63) is 66.5 Å². The van der Waals surface area contributed by atoms with E-state index in [0.29, 0.717) is 52.5 Å². The fraction of sp³-hybridized carbons (Fsp3) is 0.310. The number of nitrogens with one attached hydrogen (secondary N) is 2. The van der Waals surface area contributed by atoms with Crippen LogP contribution in [0.1, 0.15) is 18.4 Å². The van der Waals surface area contributed by atoms with Gasteiger partial charge in [0.15, 0.2) is 6.10 Å². The number of alkyl halides is 3. The molecule has 2 aromatic carbocycles. The number of piperidine rings is 1. The molecular weight excluding hydrogens is 553 g/mol. The quantitative estimate of drug-likeness (QED) is 0.207. The Bertz CT molecular complexity index is 1590. The molecule has 2 atom stereocenters. The minimum atomic E-state index is -4.73. The number of pyridine rings is 1. The van der Waals surface area contributed by atoms with Gasteiger partial charge in [-0.15, -0.1) is 0 Å². The maximum atomic E-state index is 12.8. The van der Waals surface area contributed by atoms with Crippen molar-refractivity contribution in [1.82, 2.24) is 19.9 Å². The van der Waals surface area contributed by atoms with Crippen molar-refractivity contribution in [2.75, 3.05) is 30.3 Å². The molecule has 0 bridgehead atoms. The average Bonchev–Trinajstić information content (AvgIpc) is 2.97. The number of aliphatic hydroxyl groups excluding tert-OH is 1. The highest BCUT2D eigenvalue weighted by Gasteiger charge is 2.38. The van der Waals surface area contributed by atoms with Crippen LogP contribution in [0.3, 0.4) is 0 Å². The Morgan fingerprint density at radius 1 is 1.12 bits per heavy atom. The second-order valence-corrected chi connectivity index (χ2v) is 9.99. The van der Waals surface area contributed by atoms with Crippen LogP contribution < -0.4 is 15.4 Å². The molecule has 3 heterocycles. The molecule has 2 aromatic heterocycles. The largest absolute Gasteiger partial charge is 0.465 e. The second kappa shape index (κ2) is 12.1. The van der Waals surface area contributed by atoms with Gasteiger partial charge in [0.2, 0.25) is 11.8 Å². The minimum Gasteiger partial charge on any atom is -0.465 e. The monoisotopic (exact) mass is 582 g/mol. The highest BCUT2D eigenvalue weighted by atomic mass is 19.4. The molecule has 4 N–H and O–H groups in total. The van der Waals surface area contributed by atoms with Crippen LogP contribution in [-0.4, -0.2) is 74.1 Å². The number of halogens is 3. The fourth-order valence-corrected chi connectivity index (χ4v) is 4.84. The van der Waals surface area contributed by atoms with Crippen LogP contribution in [-0.2, 0) is 0 Å². The number of hydrogen-bond donors (Lipinski definition) is 4. The van der Waals surface area contributed by atoms with Gasteiger partial charge in [0.1, 0.15) is 5.75 Å². The first-order valence-electron chi connectivity index (χ1n) is 13.3. The summed E-state index contributed by atoms with van der Waals surface area (Å²) in [5, 5.41) is 25.9. The maximum absolute atomic E-state index is 12.8. The van der Waals surface area contributed by atoms with Crippen LogP contribution in [0.5, 0.6) is 11.6 Å². The van der Waals surface area contributed by atoms with E-state index >= 15 is 0 Å². The third-order valence-electron chi connectivity index (χ3n) is 7.00. The van der Waals surface area contributed by atoms with Crippen LogP contribution in [0.2, 0.25) is 0 Å². The number of hydrogen-bond acceptors (Lipinski definition) is 8. The first-order chi connectivity index (χ1) is 20.1. The predicted molar refractivity (Wildman–Crippen MR) is 151 cm³/mol. The first-order valence-corrected chi connectivity index (χ1v) is 13.3. The lowest BCUT2D eigenvalue weighted by Crippen LogP contribution is -2.44. The van der Waals surface area contributed by atoms with Crippen LogP contribution in [0.4, 0.5) is 29.6 Å². The molecule has 13 heteroatoms. The van der Waals surface area contributed by atoms with Gasteiger partial charge in [0.05, 0.1) is 11.3 Å². The highest BCUT2D eigenvalue weighted by Crippen LogP contribution is 2.38. The molecule has 5 rings (SSSR count). The van der Waals surface area contributed by atoms with Gasteiger partial charge in [-0.05, 0) is 49.6 Å². The van der Waals surface area contributed by atoms with Crippen LogP contribution in [0, 0.1) is 6.92 Å². The number of aryl methyl sites for hydroxylation is 1. The number of aromatic nitrogens is 3. The Hall–Kier alpha value is -4.65. The SMILES string of the molecule is Cc1ccc2c(NCC(O)C(F)(F)F)cccc2c1Oc1ncccc1-c1ccnc(N[C@H]2CCCN(C(=O)O)C2)n1. The number of likely N-dealkylation sites (tertiary alicyclic amines) is 1. The summed E-state index contributed by atoms with van der Waals surface area (Å²) in [5.74, 6) is 1.08. The molecule has 220 valence electrons. The molecule has 42 heavy (non-hydrogen) atoms. The Labute approximate surface area is 239 Å². The summed E-state index contributed by atoms with van der Waals surface area (Å²) in [6, 6.07) is 13.8.